The molecule has 1 spiro atoms. The first kappa shape index (κ1) is 18.2. The standard InChI is InChI=1S/C20H27N7O2/c1-26(14-9-20(10-14)11-27(12-20)19(28)29)18-21-7-6-16(23-18)22-17-8-15(24-25-17)13-4-2-3-5-13/h6-8,13-14H,2-5,9-12H2,1H3,(H,28,29)(H2,21,22,23,24,25). The van der Waals surface area contributed by atoms with E-state index in [1.54, 1.807) is 6.20 Å². The lowest BCUT2D eigenvalue weighted by molar-refractivity contribution is -0.0571. The van der Waals surface area contributed by atoms with Crippen LogP contribution in [0.15, 0.2) is 18.3 Å². The highest BCUT2D eigenvalue weighted by Gasteiger charge is 2.55. The summed E-state index contributed by atoms with van der Waals surface area (Å²) in [7, 11) is 2.01. The molecule has 2 saturated carbocycles. The van der Waals surface area contributed by atoms with Crippen LogP contribution in [0.3, 0.4) is 0 Å². The van der Waals surface area contributed by atoms with E-state index in [1.807, 2.05) is 13.1 Å². The molecule has 9 nitrogen and oxygen atoms in total. The summed E-state index contributed by atoms with van der Waals surface area (Å²) in [5.74, 6) is 2.78. The fourth-order valence-electron chi connectivity index (χ4n) is 5.10. The first-order chi connectivity index (χ1) is 14.0. The molecular formula is C20H27N7O2. The molecular weight excluding hydrogens is 370 g/mol. The number of rotatable bonds is 5. The lowest BCUT2D eigenvalue weighted by atomic mass is 9.60. The van der Waals surface area contributed by atoms with Crippen LogP contribution >= 0.6 is 0 Å². The van der Waals surface area contributed by atoms with Crippen molar-refractivity contribution >= 4 is 23.7 Å². The molecule has 5 rings (SSSR count). The third-order valence-electron chi connectivity index (χ3n) is 6.82. The Labute approximate surface area is 169 Å². The van der Waals surface area contributed by atoms with Crippen LogP contribution in [-0.4, -0.2) is 62.4 Å². The molecule has 29 heavy (non-hydrogen) atoms. The van der Waals surface area contributed by atoms with Gasteiger partial charge < -0.3 is 20.2 Å². The van der Waals surface area contributed by atoms with E-state index in [1.165, 1.54) is 36.3 Å². The highest BCUT2D eigenvalue weighted by Crippen LogP contribution is 2.50. The summed E-state index contributed by atoms with van der Waals surface area (Å²) in [5.41, 5.74) is 1.37. The van der Waals surface area contributed by atoms with Gasteiger partial charge in [0, 0.05) is 55.5 Å². The molecule has 3 heterocycles. The van der Waals surface area contributed by atoms with E-state index in [0.29, 0.717) is 31.0 Å². The van der Waals surface area contributed by atoms with Gasteiger partial charge in [-0.15, -0.1) is 0 Å². The van der Waals surface area contributed by atoms with Crippen molar-refractivity contribution in [2.45, 2.75) is 50.5 Å². The van der Waals surface area contributed by atoms with E-state index in [2.05, 4.69) is 36.4 Å². The Morgan fingerprint density at radius 1 is 1.31 bits per heavy atom. The maximum atomic E-state index is 11.0. The number of nitrogens with zero attached hydrogens (tertiary/aromatic N) is 5. The van der Waals surface area contributed by atoms with E-state index >= 15 is 0 Å². The van der Waals surface area contributed by atoms with E-state index in [0.717, 1.165) is 24.5 Å². The maximum Gasteiger partial charge on any atom is 0.407 e. The summed E-state index contributed by atoms with van der Waals surface area (Å²) in [6.07, 6.45) is 7.97. The van der Waals surface area contributed by atoms with Crippen molar-refractivity contribution < 1.29 is 9.90 Å². The second-order valence-electron chi connectivity index (χ2n) is 8.87. The van der Waals surface area contributed by atoms with E-state index < -0.39 is 6.09 Å². The topological polar surface area (TPSA) is 110 Å². The quantitative estimate of drug-likeness (QED) is 0.711. The predicted octanol–water partition coefficient (Wildman–Crippen LogP) is 3.18. The molecule has 0 bridgehead atoms. The van der Waals surface area contributed by atoms with Crippen molar-refractivity contribution in [3.63, 3.8) is 0 Å². The summed E-state index contributed by atoms with van der Waals surface area (Å²) >= 11 is 0. The molecule has 2 aliphatic carbocycles. The van der Waals surface area contributed by atoms with Gasteiger partial charge in [0.2, 0.25) is 5.95 Å². The SMILES string of the molecule is CN(c1nccc(Nc2cc(C3CCCC3)[nH]n2)n1)C1CC2(C1)CN(C(=O)O)C2. The Morgan fingerprint density at radius 3 is 2.79 bits per heavy atom. The first-order valence-electron chi connectivity index (χ1n) is 10.4. The Morgan fingerprint density at radius 2 is 2.07 bits per heavy atom. The zero-order valence-corrected chi connectivity index (χ0v) is 16.6. The normalized spacial score (nSPS) is 21.1. The number of amides is 1. The highest BCUT2D eigenvalue weighted by molar-refractivity contribution is 5.66. The second kappa shape index (κ2) is 6.89. The molecule has 1 aliphatic heterocycles. The molecule has 0 aromatic carbocycles. The van der Waals surface area contributed by atoms with Crippen molar-refractivity contribution in [1.29, 1.82) is 0 Å². The molecule has 0 atom stereocenters. The fourth-order valence-corrected chi connectivity index (χ4v) is 5.10. The molecule has 0 radical (unpaired) electrons. The average Bonchev–Trinajstić information content (AvgIpc) is 3.30. The number of H-pyrrole nitrogens is 1. The van der Waals surface area contributed by atoms with Crippen LogP contribution in [0.25, 0.3) is 0 Å². The summed E-state index contributed by atoms with van der Waals surface area (Å²) in [6.45, 7) is 1.30. The van der Waals surface area contributed by atoms with Crippen LogP contribution in [0.4, 0.5) is 22.4 Å². The minimum Gasteiger partial charge on any atom is -0.465 e. The number of anilines is 3. The molecule has 2 aromatic rings. The van der Waals surface area contributed by atoms with Gasteiger partial charge in [0.05, 0.1) is 0 Å². The number of hydrogen-bond donors (Lipinski definition) is 3. The van der Waals surface area contributed by atoms with E-state index in [-0.39, 0.29) is 5.41 Å². The van der Waals surface area contributed by atoms with E-state index in [9.17, 15) is 4.79 Å². The molecule has 9 heteroatoms. The molecule has 2 aromatic heterocycles. The Kier molecular flexibility index (Phi) is 4.33. The van der Waals surface area contributed by atoms with Crippen LogP contribution < -0.4 is 10.2 Å². The van der Waals surface area contributed by atoms with Gasteiger partial charge in [-0.2, -0.15) is 10.1 Å². The minimum atomic E-state index is -0.816. The Bertz CT molecular complexity index is 894. The minimum absolute atomic E-state index is 0.166. The number of carboxylic acid groups (broad SMARTS) is 1. The van der Waals surface area contributed by atoms with Gasteiger partial charge in [0.15, 0.2) is 5.82 Å². The van der Waals surface area contributed by atoms with Gasteiger partial charge in [-0.3, -0.25) is 5.10 Å². The van der Waals surface area contributed by atoms with Crippen molar-refractivity contribution in [2.24, 2.45) is 5.41 Å². The summed E-state index contributed by atoms with van der Waals surface area (Å²) in [6, 6.07) is 4.28. The number of carbonyl (C=O) groups is 1. The zero-order chi connectivity index (χ0) is 20.0. The lowest BCUT2D eigenvalue weighted by Gasteiger charge is -2.59. The summed E-state index contributed by atoms with van der Waals surface area (Å²) < 4.78 is 0. The van der Waals surface area contributed by atoms with Crippen molar-refractivity contribution in [3.05, 3.63) is 24.0 Å². The molecule has 154 valence electrons. The van der Waals surface area contributed by atoms with Gasteiger partial charge in [0.1, 0.15) is 5.82 Å². The van der Waals surface area contributed by atoms with Gasteiger partial charge in [0.25, 0.3) is 0 Å². The van der Waals surface area contributed by atoms with Crippen LogP contribution in [0.2, 0.25) is 0 Å². The fraction of sp³-hybridized carbons (Fsp3) is 0.600. The largest absolute Gasteiger partial charge is 0.465 e. The zero-order valence-electron chi connectivity index (χ0n) is 16.6. The van der Waals surface area contributed by atoms with Crippen molar-refractivity contribution in [1.82, 2.24) is 25.1 Å². The van der Waals surface area contributed by atoms with Crippen molar-refractivity contribution in [3.8, 4) is 0 Å². The molecule has 3 N–H and O–H groups in total. The van der Waals surface area contributed by atoms with Gasteiger partial charge in [-0.25, -0.2) is 9.78 Å². The van der Waals surface area contributed by atoms with Gasteiger partial charge in [-0.1, -0.05) is 12.8 Å². The van der Waals surface area contributed by atoms with Crippen molar-refractivity contribution in [2.75, 3.05) is 30.4 Å². The lowest BCUT2D eigenvalue weighted by Crippen LogP contribution is -2.67. The number of aromatic nitrogens is 4. The summed E-state index contributed by atoms with van der Waals surface area (Å²) in [4.78, 5) is 23.7. The molecule has 3 fully saturated rings. The maximum absolute atomic E-state index is 11.0. The van der Waals surface area contributed by atoms with E-state index in [4.69, 9.17) is 5.11 Å². The third-order valence-corrected chi connectivity index (χ3v) is 6.82. The summed E-state index contributed by atoms with van der Waals surface area (Å²) in [5, 5.41) is 19.9. The first-order valence-corrected chi connectivity index (χ1v) is 10.4. The smallest absolute Gasteiger partial charge is 0.407 e. The molecule has 1 amide bonds. The number of aromatic amines is 1. The number of hydrogen-bond acceptors (Lipinski definition) is 6. The second-order valence-corrected chi connectivity index (χ2v) is 8.87. The number of likely N-dealkylation sites (tertiary alicyclic amines) is 1. The number of nitrogens with one attached hydrogen (secondary N) is 2. The van der Waals surface area contributed by atoms with Crippen LogP contribution in [0.1, 0.15) is 50.1 Å². The third kappa shape index (κ3) is 3.38. The molecule has 3 aliphatic rings. The highest BCUT2D eigenvalue weighted by atomic mass is 16.4. The monoisotopic (exact) mass is 397 g/mol. The Balaban J connectivity index is 1.20. The molecule has 1 saturated heterocycles. The van der Waals surface area contributed by atoms with Crippen LogP contribution in [0.5, 0.6) is 0 Å². The molecule has 0 unspecified atom stereocenters. The predicted molar refractivity (Wildman–Crippen MR) is 109 cm³/mol. The van der Waals surface area contributed by atoms with Crippen LogP contribution in [-0.2, 0) is 0 Å². The van der Waals surface area contributed by atoms with Gasteiger partial charge in [-0.05, 0) is 31.7 Å². The van der Waals surface area contributed by atoms with Crippen LogP contribution in [0, 0.1) is 5.41 Å². The van der Waals surface area contributed by atoms with Gasteiger partial charge >= 0.3 is 6.09 Å². The average molecular weight is 397 g/mol. The Hall–Kier alpha value is -2.84.